The third kappa shape index (κ3) is 4.84. The summed E-state index contributed by atoms with van der Waals surface area (Å²) in [7, 11) is 0. The number of alkyl halides is 3. The van der Waals surface area contributed by atoms with E-state index in [2.05, 4.69) is 25.2 Å². The Balaban J connectivity index is 1.53. The van der Waals surface area contributed by atoms with E-state index in [4.69, 9.17) is 0 Å². The molecule has 0 unspecified atom stereocenters. The van der Waals surface area contributed by atoms with Crippen LogP contribution in [0, 0.1) is 0 Å². The fourth-order valence-corrected chi connectivity index (χ4v) is 2.64. The van der Waals surface area contributed by atoms with Crippen LogP contribution in [-0.4, -0.2) is 35.6 Å². The Labute approximate surface area is 148 Å². The molecule has 1 N–H and O–H groups in total. The van der Waals surface area contributed by atoms with Gasteiger partial charge in [-0.15, -0.1) is 23.4 Å². The molecule has 0 saturated carbocycles. The van der Waals surface area contributed by atoms with Crippen molar-refractivity contribution in [2.24, 2.45) is 0 Å². The molecule has 1 aliphatic rings. The van der Waals surface area contributed by atoms with Gasteiger partial charge in [-0.25, -0.2) is 0 Å². The maximum absolute atomic E-state index is 12.1. The number of halogens is 3. The van der Waals surface area contributed by atoms with Crippen molar-refractivity contribution in [3.8, 4) is 5.75 Å². The highest BCUT2D eigenvalue weighted by Crippen LogP contribution is 2.22. The summed E-state index contributed by atoms with van der Waals surface area (Å²) in [6.07, 6.45) is -2.48. The normalized spacial score (nSPS) is 14.3. The van der Waals surface area contributed by atoms with Gasteiger partial charge in [0.05, 0.1) is 0 Å². The van der Waals surface area contributed by atoms with E-state index in [1.807, 2.05) is 0 Å². The number of anilines is 1. The maximum Gasteiger partial charge on any atom is 0.573 e. The minimum absolute atomic E-state index is 0.153. The maximum atomic E-state index is 12.1. The Kier molecular flexibility index (Phi) is 5.24. The molecule has 6 nitrogen and oxygen atoms in total. The van der Waals surface area contributed by atoms with Crippen LogP contribution < -0.4 is 15.0 Å². The molecule has 1 saturated heterocycles. The highest BCUT2D eigenvalue weighted by Gasteiger charge is 2.30. The van der Waals surface area contributed by atoms with Crippen molar-refractivity contribution in [1.82, 2.24) is 15.5 Å². The molecule has 0 aliphatic carbocycles. The minimum Gasteiger partial charge on any atom is -0.406 e. The predicted octanol–water partition coefficient (Wildman–Crippen LogP) is 2.91. The van der Waals surface area contributed by atoms with Crippen molar-refractivity contribution in [2.45, 2.75) is 25.7 Å². The highest BCUT2D eigenvalue weighted by atomic mass is 19.4. The number of benzene rings is 1. The Hall–Kier alpha value is -2.84. The van der Waals surface area contributed by atoms with Crippen molar-refractivity contribution in [1.29, 1.82) is 0 Å². The number of hydrogen-bond acceptors (Lipinski definition) is 5. The van der Waals surface area contributed by atoms with E-state index in [0.29, 0.717) is 5.56 Å². The molecule has 138 valence electrons. The van der Waals surface area contributed by atoms with Crippen LogP contribution in [0.3, 0.4) is 0 Å². The molecular formula is C17H17F3N4O2. The van der Waals surface area contributed by atoms with Gasteiger partial charge in [0.15, 0.2) is 11.5 Å². The standard InChI is InChI=1S/C17H17F3N4O2/c18-17(19,20)26-13-5-3-12(4-6-13)11-21-16(25)14-7-8-15(23-22-14)24-9-1-2-10-24/h3-8H,1-2,9-11H2,(H,21,25). The monoisotopic (exact) mass is 366 g/mol. The number of aromatic nitrogens is 2. The van der Waals surface area contributed by atoms with Gasteiger partial charge in [0, 0.05) is 19.6 Å². The molecule has 1 fully saturated rings. The fraction of sp³-hybridized carbons (Fsp3) is 0.353. The van der Waals surface area contributed by atoms with Crippen LogP contribution in [0.15, 0.2) is 36.4 Å². The van der Waals surface area contributed by atoms with Crippen LogP contribution in [0.5, 0.6) is 5.75 Å². The zero-order chi connectivity index (χ0) is 18.6. The van der Waals surface area contributed by atoms with Crippen molar-refractivity contribution in [2.75, 3.05) is 18.0 Å². The average molecular weight is 366 g/mol. The van der Waals surface area contributed by atoms with Gasteiger partial charge < -0.3 is 15.0 Å². The number of hydrogen-bond donors (Lipinski definition) is 1. The summed E-state index contributed by atoms with van der Waals surface area (Å²) >= 11 is 0. The van der Waals surface area contributed by atoms with Crippen molar-refractivity contribution >= 4 is 11.7 Å². The van der Waals surface area contributed by atoms with Crippen LogP contribution >= 0.6 is 0 Å². The van der Waals surface area contributed by atoms with E-state index in [-0.39, 0.29) is 18.0 Å². The number of carbonyl (C=O) groups excluding carboxylic acids is 1. The van der Waals surface area contributed by atoms with Crippen molar-refractivity contribution in [3.63, 3.8) is 0 Å². The summed E-state index contributed by atoms with van der Waals surface area (Å²) in [4.78, 5) is 14.2. The van der Waals surface area contributed by atoms with E-state index in [1.165, 1.54) is 24.3 Å². The summed E-state index contributed by atoms with van der Waals surface area (Å²) in [5, 5.41) is 10.7. The second kappa shape index (κ2) is 7.59. The molecule has 0 atom stereocenters. The van der Waals surface area contributed by atoms with E-state index in [0.717, 1.165) is 31.7 Å². The lowest BCUT2D eigenvalue weighted by Crippen LogP contribution is -2.25. The number of rotatable bonds is 5. The summed E-state index contributed by atoms with van der Waals surface area (Å²) in [6, 6.07) is 8.65. The smallest absolute Gasteiger partial charge is 0.406 e. The second-order valence-corrected chi connectivity index (χ2v) is 5.85. The largest absolute Gasteiger partial charge is 0.573 e. The SMILES string of the molecule is O=C(NCc1ccc(OC(F)(F)F)cc1)c1ccc(N2CCCC2)nn1. The molecule has 0 spiro atoms. The zero-order valence-corrected chi connectivity index (χ0v) is 13.8. The molecule has 26 heavy (non-hydrogen) atoms. The quantitative estimate of drug-likeness (QED) is 0.881. The van der Waals surface area contributed by atoms with Crippen LogP contribution in [0.4, 0.5) is 19.0 Å². The molecule has 2 aromatic rings. The van der Waals surface area contributed by atoms with E-state index in [1.54, 1.807) is 12.1 Å². The Morgan fingerprint density at radius 3 is 2.35 bits per heavy atom. The molecule has 1 aliphatic heterocycles. The first-order valence-corrected chi connectivity index (χ1v) is 8.12. The lowest BCUT2D eigenvalue weighted by molar-refractivity contribution is -0.274. The third-order valence-electron chi connectivity index (χ3n) is 3.92. The minimum atomic E-state index is -4.73. The van der Waals surface area contributed by atoms with Crippen molar-refractivity contribution < 1.29 is 22.7 Å². The first-order valence-electron chi connectivity index (χ1n) is 8.12. The van der Waals surface area contributed by atoms with Gasteiger partial charge in [0.1, 0.15) is 5.75 Å². The molecule has 0 radical (unpaired) electrons. The Bertz CT molecular complexity index is 742. The molecule has 1 amide bonds. The van der Waals surface area contributed by atoms with Gasteiger partial charge >= 0.3 is 6.36 Å². The molecule has 2 heterocycles. The molecule has 3 rings (SSSR count). The molecule has 1 aromatic heterocycles. The van der Waals surface area contributed by atoms with E-state index >= 15 is 0 Å². The van der Waals surface area contributed by atoms with Gasteiger partial charge in [-0.1, -0.05) is 12.1 Å². The van der Waals surface area contributed by atoms with Gasteiger partial charge in [-0.3, -0.25) is 4.79 Å². The van der Waals surface area contributed by atoms with Crippen LogP contribution in [0.1, 0.15) is 28.9 Å². The van der Waals surface area contributed by atoms with Crippen LogP contribution in [-0.2, 0) is 6.54 Å². The lowest BCUT2D eigenvalue weighted by Gasteiger charge is -2.15. The van der Waals surface area contributed by atoms with Crippen molar-refractivity contribution in [3.05, 3.63) is 47.7 Å². The summed E-state index contributed by atoms with van der Waals surface area (Å²) in [5.74, 6) is 0.0383. The number of amides is 1. The lowest BCUT2D eigenvalue weighted by atomic mass is 10.2. The molecule has 1 aromatic carbocycles. The van der Waals surface area contributed by atoms with E-state index < -0.39 is 12.3 Å². The van der Waals surface area contributed by atoms with E-state index in [9.17, 15) is 18.0 Å². The first-order chi connectivity index (χ1) is 12.4. The van der Waals surface area contributed by atoms with Gasteiger partial charge in [0.2, 0.25) is 0 Å². The molecule has 9 heteroatoms. The number of carbonyl (C=O) groups is 1. The first kappa shape index (κ1) is 18.0. The Morgan fingerprint density at radius 2 is 1.77 bits per heavy atom. The number of nitrogens with one attached hydrogen (secondary N) is 1. The zero-order valence-electron chi connectivity index (χ0n) is 13.8. The third-order valence-corrected chi connectivity index (χ3v) is 3.92. The van der Waals surface area contributed by atoms with Gasteiger partial charge in [0.25, 0.3) is 5.91 Å². The van der Waals surface area contributed by atoms with Gasteiger partial charge in [-0.05, 0) is 42.7 Å². The Morgan fingerprint density at radius 1 is 1.08 bits per heavy atom. The summed E-state index contributed by atoms with van der Waals surface area (Å²) in [6.45, 7) is 2.03. The number of nitrogens with zero attached hydrogens (tertiary/aromatic N) is 3. The highest BCUT2D eigenvalue weighted by molar-refractivity contribution is 5.92. The fourth-order valence-electron chi connectivity index (χ4n) is 2.64. The summed E-state index contributed by atoms with van der Waals surface area (Å²) in [5.41, 5.74) is 0.819. The average Bonchev–Trinajstić information content (AvgIpc) is 3.14. The second-order valence-electron chi connectivity index (χ2n) is 5.85. The molecular weight excluding hydrogens is 349 g/mol. The number of ether oxygens (including phenoxy) is 1. The molecule has 0 bridgehead atoms. The summed E-state index contributed by atoms with van der Waals surface area (Å²) < 4.78 is 40.1. The van der Waals surface area contributed by atoms with Gasteiger partial charge in [-0.2, -0.15) is 0 Å². The van der Waals surface area contributed by atoms with Crippen LogP contribution in [0.2, 0.25) is 0 Å². The predicted molar refractivity (Wildman–Crippen MR) is 87.8 cm³/mol. The topological polar surface area (TPSA) is 67.3 Å². The van der Waals surface area contributed by atoms with Crippen LogP contribution in [0.25, 0.3) is 0 Å².